The molecule has 0 bridgehead atoms. The standard InChI is InChI=1S/C14H14N2O4/c1-19-9-11-4-2-5-12(8-11)14(17)20-10-13-15-6-3-7-16(13)18/h2-8H,9-10H2,1H3. The van der Waals surface area contributed by atoms with Crippen LogP contribution in [0.2, 0.25) is 0 Å². The SMILES string of the molecule is COCc1cccc(C(=O)OCc2nccc[n+]2[O-])c1. The van der Waals surface area contributed by atoms with Crippen LogP contribution in [0.3, 0.4) is 0 Å². The molecule has 0 aliphatic rings. The van der Waals surface area contributed by atoms with Crippen molar-refractivity contribution >= 4 is 5.97 Å². The second-order valence-electron chi connectivity index (χ2n) is 4.07. The molecule has 2 rings (SSSR count). The Bertz CT molecular complexity index is 601. The van der Waals surface area contributed by atoms with E-state index >= 15 is 0 Å². The molecular weight excluding hydrogens is 260 g/mol. The van der Waals surface area contributed by atoms with Crippen LogP contribution in [-0.2, 0) is 22.7 Å². The fourth-order valence-electron chi connectivity index (χ4n) is 1.66. The van der Waals surface area contributed by atoms with Gasteiger partial charge in [-0.15, -0.1) is 0 Å². The molecule has 1 heterocycles. The van der Waals surface area contributed by atoms with Gasteiger partial charge in [-0.2, -0.15) is 0 Å². The lowest BCUT2D eigenvalue weighted by atomic mass is 10.1. The van der Waals surface area contributed by atoms with Gasteiger partial charge in [-0.25, -0.2) is 9.52 Å². The van der Waals surface area contributed by atoms with Gasteiger partial charge >= 0.3 is 11.8 Å². The second-order valence-corrected chi connectivity index (χ2v) is 4.07. The molecule has 104 valence electrons. The van der Waals surface area contributed by atoms with Crippen LogP contribution in [-0.4, -0.2) is 18.1 Å². The smallest absolute Gasteiger partial charge is 0.339 e. The molecule has 0 saturated carbocycles. The van der Waals surface area contributed by atoms with Gasteiger partial charge in [0.1, 0.15) is 6.20 Å². The normalized spacial score (nSPS) is 10.2. The first-order valence-electron chi connectivity index (χ1n) is 5.99. The number of ether oxygens (including phenoxy) is 2. The van der Waals surface area contributed by atoms with E-state index in [2.05, 4.69) is 4.98 Å². The monoisotopic (exact) mass is 274 g/mol. The van der Waals surface area contributed by atoms with Gasteiger partial charge in [0.15, 0.2) is 6.61 Å². The average molecular weight is 274 g/mol. The van der Waals surface area contributed by atoms with Crippen molar-refractivity contribution in [3.63, 3.8) is 0 Å². The molecule has 0 atom stereocenters. The van der Waals surface area contributed by atoms with Gasteiger partial charge in [0.25, 0.3) is 0 Å². The molecule has 1 aromatic heterocycles. The van der Waals surface area contributed by atoms with Crippen LogP contribution in [0.15, 0.2) is 42.7 Å². The molecule has 2 aromatic rings. The van der Waals surface area contributed by atoms with Crippen molar-refractivity contribution < 1.29 is 19.0 Å². The van der Waals surface area contributed by atoms with E-state index < -0.39 is 5.97 Å². The number of rotatable bonds is 5. The molecular formula is C14H14N2O4. The minimum absolute atomic E-state index is 0.133. The maximum absolute atomic E-state index is 11.9. The van der Waals surface area contributed by atoms with Crippen molar-refractivity contribution in [3.8, 4) is 0 Å². The summed E-state index contributed by atoms with van der Waals surface area (Å²) in [6.45, 7) is 0.250. The van der Waals surface area contributed by atoms with Gasteiger partial charge in [-0.1, -0.05) is 12.1 Å². The third-order valence-corrected chi connectivity index (χ3v) is 2.59. The number of nitrogens with zero attached hydrogens (tertiary/aromatic N) is 2. The van der Waals surface area contributed by atoms with Crippen molar-refractivity contribution in [3.05, 3.63) is 64.9 Å². The number of benzene rings is 1. The zero-order valence-corrected chi connectivity index (χ0v) is 11.0. The number of hydrogen-bond acceptors (Lipinski definition) is 5. The highest BCUT2D eigenvalue weighted by atomic mass is 16.5. The third-order valence-electron chi connectivity index (χ3n) is 2.59. The van der Waals surface area contributed by atoms with Gasteiger partial charge in [-0.3, -0.25) is 0 Å². The van der Waals surface area contributed by atoms with Crippen molar-refractivity contribution in [1.82, 2.24) is 4.98 Å². The molecule has 20 heavy (non-hydrogen) atoms. The molecule has 6 heteroatoms. The van der Waals surface area contributed by atoms with Crippen molar-refractivity contribution in [2.75, 3.05) is 7.11 Å². The summed E-state index contributed by atoms with van der Waals surface area (Å²) in [5, 5.41) is 11.4. The van der Waals surface area contributed by atoms with Crippen LogP contribution in [0, 0.1) is 5.21 Å². The van der Waals surface area contributed by atoms with E-state index in [1.165, 1.54) is 18.5 Å². The molecule has 0 unspecified atom stereocenters. The Hall–Kier alpha value is -2.47. The fraction of sp³-hybridized carbons (Fsp3) is 0.214. The molecule has 6 nitrogen and oxygen atoms in total. The highest BCUT2D eigenvalue weighted by Gasteiger charge is 2.12. The zero-order valence-electron chi connectivity index (χ0n) is 11.0. The molecule has 0 N–H and O–H groups in total. The Kier molecular flexibility index (Phi) is 4.62. The molecule has 0 radical (unpaired) electrons. The zero-order chi connectivity index (χ0) is 14.4. The minimum atomic E-state index is -0.506. The number of hydrogen-bond donors (Lipinski definition) is 0. The molecule has 0 fully saturated rings. The second kappa shape index (κ2) is 6.63. The summed E-state index contributed by atoms with van der Waals surface area (Å²) in [6.07, 6.45) is 2.77. The molecule has 1 aromatic carbocycles. The largest absolute Gasteiger partial charge is 0.711 e. The Morgan fingerprint density at radius 3 is 2.95 bits per heavy atom. The summed E-state index contributed by atoms with van der Waals surface area (Å²) >= 11 is 0. The highest BCUT2D eigenvalue weighted by Crippen LogP contribution is 2.08. The summed E-state index contributed by atoms with van der Waals surface area (Å²) < 4.78 is 10.6. The lowest BCUT2D eigenvalue weighted by Crippen LogP contribution is -2.33. The third kappa shape index (κ3) is 3.52. The van der Waals surface area contributed by atoms with Gasteiger partial charge in [0.2, 0.25) is 0 Å². The van der Waals surface area contributed by atoms with Crippen LogP contribution in [0.25, 0.3) is 0 Å². The van der Waals surface area contributed by atoms with Crippen LogP contribution in [0.1, 0.15) is 21.7 Å². The first-order chi connectivity index (χ1) is 9.70. The van der Waals surface area contributed by atoms with Crippen LogP contribution < -0.4 is 4.73 Å². The number of aromatic nitrogens is 2. The number of methoxy groups -OCH3 is 1. The van der Waals surface area contributed by atoms with Gasteiger partial charge in [0, 0.05) is 13.2 Å². The summed E-state index contributed by atoms with van der Waals surface area (Å²) in [7, 11) is 1.58. The maximum atomic E-state index is 11.9. The van der Waals surface area contributed by atoms with Crippen LogP contribution >= 0.6 is 0 Å². The van der Waals surface area contributed by atoms with Crippen molar-refractivity contribution in [2.24, 2.45) is 0 Å². The van der Waals surface area contributed by atoms with E-state index in [1.807, 2.05) is 6.07 Å². The predicted molar refractivity (Wildman–Crippen MR) is 69.5 cm³/mol. The lowest BCUT2D eigenvalue weighted by Gasteiger charge is -2.07. The first kappa shape index (κ1) is 14.0. The van der Waals surface area contributed by atoms with Crippen LogP contribution in [0.5, 0.6) is 0 Å². The van der Waals surface area contributed by atoms with Gasteiger partial charge < -0.3 is 14.7 Å². The Labute approximate surface area is 116 Å². The van der Waals surface area contributed by atoms with E-state index in [4.69, 9.17) is 9.47 Å². The summed E-state index contributed by atoms with van der Waals surface area (Å²) in [5.74, 6) is -0.373. The Morgan fingerprint density at radius 1 is 1.35 bits per heavy atom. The predicted octanol–water partition coefficient (Wildman–Crippen LogP) is 1.22. The number of carbonyl (C=O) groups is 1. The fourth-order valence-corrected chi connectivity index (χ4v) is 1.66. The quantitative estimate of drug-likeness (QED) is 0.465. The first-order valence-corrected chi connectivity index (χ1v) is 5.99. The van der Waals surface area contributed by atoms with Gasteiger partial charge in [-0.05, 0) is 22.7 Å². The molecule has 0 spiro atoms. The Morgan fingerprint density at radius 2 is 2.20 bits per heavy atom. The average Bonchev–Trinajstić information content (AvgIpc) is 2.47. The Balaban J connectivity index is 2.01. The molecule has 0 aliphatic carbocycles. The highest BCUT2D eigenvalue weighted by molar-refractivity contribution is 5.89. The molecule has 0 amide bonds. The number of carbonyl (C=O) groups excluding carboxylic acids is 1. The maximum Gasteiger partial charge on any atom is 0.339 e. The molecule has 0 saturated heterocycles. The van der Waals surface area contributed by atoms with E-state index in [1.54, 1.807) is 25.3 Å². The van der Waals surface area contributed by atoms with E-state index in [-0.39, 0.29) is 12.4 Å². The van der Waals surface area contributed by atoms with Crippen LogP contribution in [0.4, 0.5) is 0 Å². The minimum Gasteiger partial charge on any atom is -0.711 e. The topological polar surface area (TPSA) is 75.4 Å². The van der Waals surface area contributed by atoms with E-state index in [9.17, 15) is 10.0 Å². The lowest BCUT2D eigenvalue weighted by molar-refractivity contribution is -0.620. The summed E-state index contributed by atoms with van der Waals surface area (Å²) in [6, 6.07) is 8.44. The number of esters is 1. The molecule has 0 aliphatic heterocycles. The van der Waals surface area contributed by atoms with Gasteiger partial charge in [0.05, 0.1) is 18.4 Å². The summed E-state index contributed by atoms with van der Waals surface area (Å²) in [5.41, 5.74) is 1.28. The van der Waals surface area contributed by atoms with Crippen molar-refractivity contribution in [2.45, 2.75) is 13.2 Å². The van der Waals surface area contributed by atoms with E-state index in [0.717, 1.165) is 5.56 Å². The summed E-state index contributed by atoms with van der Waals surface area (Å²) in [4.78, 5) is 15.7. The van der Waals surface area contributed by atoms with E-state index in [0.29, 0.717) is 16.9 Å². The van der Waals surface area contributed by atoms with Crippen molar-refractivity contribution in [1.29, 1.82) is 0 Å².